The third-order valence-electron chi connectivity index (χ3n) is 2.54. The third kappa shape index (κ3) is 3.60. The number of ether oxygens (including phenoxy) is 1. The molecule has 0 spiro atoms. The lowest BCUT2D eigenvalue weighted by atomic mass is 10.2. The molecule has 1 N–H and O–H groups in total. The molecule has 3 nitrogen and oxygen atoms in total. The van der Waals surface area contributed by atoms with Crippen LogP contribution in [0.2, 0.25) is 5.02 Å². The van der Waals surface area contributed by atoms with Crippen molar-refractivity contribution in [2.24, 2.45) is 4.99 Å². The van der Waals surface area contributed by atoms with Crippen LogP contribution in [-0.4, -0.2) is 30.7 Å². The van der Waals surface area contributed by atoms with E-state index in [0.717, 1.165) is 23.0 Å². The van der Waals surface area contributed by atoms with Gasteiger partial charge in [0.25, 0.3) is 0 Å². The highest BCUT2D eigenvalue weighted by atomic mass is 35.5. The number of methoxy groups -OCH3 is 1. The molecule has 98 valence electrons. The highest BCUT2D eigenvalue weighted by Gasteiger charge is 2.18. The minimum atomic E-state index is -0.416. The summed E-state index contributed by atoms with van der Waals surface area (Å²) >= 11 is 7.37. The summed E-state index contributed by atoms with van der Waals surface area (Å²) in [7, 11) is 1.69. The molecular formula is C12H14ClFN2OS. The maximum atomic E-state index is 13.0. The van der Waals surface area contributed by atoms with E-state index < -0.39 is 5.82 Å². The van der Waals surface area contributed by atoms with Crippen LogP contribution in [0.25, 0.3) is 0 Å². The second kappa shape index (κ2) is 6.41. The van der Waals surface area contributed by atoms with Gasteiger partial charge in [0.15, 0.2) is 5.17 Å². The van der Waals surface area contributed by atoms with Crippen molar-refractivity contribution in [3.8, 4) is 0 Å². The highest BCUT2D eigenvalue weighted by Crippen LogP contribution is 2.24. The van der Waals surface area contributed by atoms with E-state index in [4.69, 9.17) is 16.3 Å². The van der Waals surface area contributed by atoms with Gasteiger partial charge in [0.05, 0.1) is 11.1 Å². The molecule has 1 atom stereocenters. The van der Waals surface area contributed by atoms with Crippen molar-refractivity contribution in [2.75, 3.05) is 24.8 Å². The zero-order valence-electron chi connectivity index (χ0n) is 9.95. The number of nitrogens with zero attached hydrogens (tertiary/aromatic N) is 1. The van der Waals surface area contributed by atoms with Crippen molar-refractivity contribution in [1.29, 1.82) is 0 Å². The smallest absolute Gasteiger partial charge is 0.161 e. The first-order valence-electron chi connectivity index (χ1n) is 5.60. The van der Waals surface area contributed by atoms with E-state index in [1.165, 1.54) is 6.07 Å². The molecule has 0 aliphatic carbocycles. The molecule has 0 saturated heterocycles. The van der Waals surface area contributed by atoms with Crippen LogP contribution in [0.4, 0.5) is 10.1 Å². The van der Waals surface area contributed by atoms with E-state index in [0.29, 0.717) is 6.61 Å². The molecule has 1 aromatic rings. The highest BCUT2D eigenvalue weighted by molar-refractivity contribution is 8.14. The maximum absolute atomic E-state index is 13.0. The summed E-state index contributed by atoms with van der Waals surface area (Å²) in [5.74, 6) is 0.530. The first kappa shape index (κ1) is 13.6. The van der Waals surface area contributed by atoms with Gasteiger partial charge in [-0.2, -0.15) is 0 Å². The standard InChI is InChI=1S/C12H14ClFN2OS/c1-17-5-4-9-7-18-12(16-9)15-8-2-3-11(14)10(13)6-8/h2-3,6,9H,4-5,7H2,1H3,(H,15,16). The topological polar surface area (TPSA) is 33.6 Å². The van der Waals surface area contributed by atoms with Crippen LogP contribution in [-0.2, 0) is 4.74 Å². The summed E-state index contributed by atoms with van der Waals surface area (Å²) in [5, 5.41) is 4.09. The molecule has 0 amide bonds. The Bertz CT molecular complexity index is 456. The van der Waals surface area contributed by atoms with Gasteiger partial charge < -0.3 is 10.1 Å². The van der Waals surface area contributed by atoms with E-state index >= 15 is 0 Å². The van der Waals surface area contributed by atoms with Gasteiger partial charge >= 0.3 is 0 Å². The number of thioether (sulfide) groups is 1. The second-order valence-corrected chi connectivity index (χ2v) is 5.35. The first-order chi connectivity index (χ1) is 8.69. The van der Waals surface area contributed by atoms with Crippen molar-refractivity contribution in [1.82, 2.24) is 0 Å². The molecule has 2 rings (SSSR count). The molecule has 6 heteroatoms. The van der Waals surface area contributed by atoms with Gasteiger partial charge in [-0.25, -0.2) is 4.39 Å². The van der Waals surface area contributed by atoms with Gasteiger partial charge in [0.1, 0.15) is 5.82 Å². The largest absolute Gasteiger partial charge is 0.385 e. The van der Waals surface area contributed by atoms with Crippen LogP contribution < -0.4 is 5.32 Å². The van der Waals surface area contributed by atoms with Crippen molar-refractivity contribution >= 4 is 34.2 Å². The number of rotatable bonds is 4. The predicted molar refractivity (Wildman–Crippen MR) is 75.2 cm³/mol. The zero-order valence-corrected chi connectivity index (χ0v) is 11.5. The van der Waals surface area contributed by atoms with Crippen molar-refractivity contribution < 1.29 is 9.13 Å². The Hall–Kier alpha value is -0.780. The van der Waals surface area contributed by atoms with Gasteiger partial charge in [0, 0.05) is 25.2 Å². The average molecular weight is 289 g/mol. The fourth-order valence-electron chi connectivity index (χ4n) is 1.58. The minimum Gasteiger partial charge on any atom is -0.385 e. The minimum absolute atomic E-state index is 0.111. The van der Waals surface area contributed by atoms with Crippen LogP contribution >= 0.6 is 23.4 Å². The SMILES string of the molecule is COCCC1CSC(Nc2ccc(F)c(Cl)c2)=N1. The molecule has 0 bridgehead atoms. The number of anilines is 1. The van der Waals surface area contributed by atoms with Gasteiger partial charge in [0.2, 0.25) is 0 Å². The monoisotopic (exact) mass is 288 g/mol. The van der Waals surface area contributed by atoms with E-state index in [9.17, 15) is 4.39 Å². The number of hydrogen-bond acceptors (Lipinski definition) is 4. The maximum Gasteiger partial charge on any atom is 0.161 e. The first-order valence-corrected chi connectivity index (χ1v) is 6.97. The molecule has 0 radical (unpaired) electrons. The molecule has 1 aliphatic rings. The Morgan fingerprint density at radius 2 is 2.44 bits per heavy atom. The lowest BCUT2D eigenvalue weighted by molar-refractivity contribution is 0.190. The normalized spacial score (nSPS) is 18.8. The van der Waals surface area contributed by atoms with Gasteiger partial charge in [-0.15, -0.1) is 0 Å². The average Bonchev–Trinajstić information content (AvgIpc) is 2.79. The molecule has 18 heavy (non-hydrogen) atoms. The molecule has 1 aliphatic heterocycles. The number of hydrogen-bond donors (Lipinski definition) is 1. The van der Waals surface area contributed by atoms with Gasteiger partial charge in [-0.05, 0) is 24.6 Å². The van der Waals surface area contributed by atoms with Crippen LogP contribution in [0.1, 0.15) is 6.42 Å². The Morgan fingerprint density at radius 3 is 3.17 bits per heavy atom. The van der Waals surface area contributed by atoms with E-state index in [-0.39, 0.29) is 11.1 Å². The summed E-state index contributed by atoms with van der Waals surface area (Å²) in [6.07, 6.45) is 0.916. The summed E-state index contributed by atoms with van der Waals surface area (Å²) in [6, 6.07) is 4.83. The molecule has 1 unspecified atom stereocenters. The summed E-state index contributed by atoms with van der Waals surface area (Å²) in [4.78, 5) is 4.52. The lowest BCUT2D eigenvalue weighted by Gasteiger charge is -2.05. The van der Waals surface area contributed by atoms with Crippen LogP contribution in [0.3, 0.4) is 0 Å². The second-order valence-electron chi connectivity index (χ2n) is 3.93. The Morgan fingerprint density at radius 1 is 1.61 bits per heavy atom. The van der Waals surface area contributed by atoms with E-state index in [1.54, 1.807) is 31.0 Å². The lowest BCUT2D eigenvalue weighted by Crippen LogP contribution is -2.08. The zero-order chi connectivity index (χ0) is 13.0. The number of halogens is 2. The van der Waals surface area contributed by atoms with Crippen molar-refractivity contribution in [3.05, 3.63) is 29.0 Å². The van der Waals surface area contributed by atoms with Crippen molar-refractivity contribution in [2.45, 2.75) is 12.5 Å². The molecule has 0 saturated carbocycles. The van der Waals surface area contributed by atoms with Crippen LogP contribution in [0.15, 0.2) is 23.2 Å². The molecule has 1 aromatic carbocycles. The molecule has 0 aromatic heterocycles. The van der Waals surface area contributed by atoms with Crippen LogP contribution in [0, 0.1) is 5.82 Å². The Kier molecular flexibility index (Phi) is 4.86. The Balaban J connectivity index is 1.95. The van der Waals surface area contributed by atoms with E-state index in [1.807, 2.05) is 0 Å². The number of benzene rings is 1. The summed E-state index contributed by atoms with van der Waals surface area (Å²) in [6.45, 7) is 0.713. The number of nitrogens with one attached hydrogen (secondary N) is 1. The summed E-state index contributed by atoms with van der Waals surface area (Å²) < 4.78 is 18.0. The number of aliphatic imine (C=N–C) groups is 1. The van der Waals surface area contributed by atoms with Gasteiger partial charge in [-0.3, -0.25) is 4.99 Å². The molecule has 0 fully saturated rings. The fourth-order valence-corrected chi connectivity index (χ4v) is 2.77. The van der Waals surface area contributed by atoms with E-state index in [2.05, 4.69) is 10.3 Å². The van der Waals surface area contributed by atoms with Crippen molar-refractivity contribution in [3.63, 3.8) is 0 Å². The van der Waals surface area contributed by atoms with Gasteiger partial charge in [-0.1, -0.05) is 23.4 Å². The molecular weight excluding hydrogens is 275 g/mol. The predicted octanol–water partition coefficient (Wildman–Crippen LogP) is 3.40. The third-order valence-corrected chi connectivity index (χ3v) is 3.86. The summed E-state index contributed by atoms with van der Waals surface area (Å²) in [5.41, 5.74) is 0.750. The fraction of sp³-hybridized carbons (Fsp3) is 0.417. The van der Waals surface area contributed by atoms with Crippen LogP contribution in [0.5, 0.6) is 0 Å². The molecule has 1 heterocycles. The number of amidine groups is 1. The quantitative estimate of drug-likeness (QED) is 0.922. The Labute approximate surface area is 115 Å².